The van der Waals surface area contributed by atoms with E-state index in [1.54, 1.807) is 24.3 Å². The van der Waals surface area contributed by atoms with Gasteiger partial charge in [-0.15, -0.1) is 0 Å². The molecule has 2 atom stereocenters. The second-order valence-corrected chi connectivity index (χ2v) is 10.7. The fraction of sp³-hybridized carbons (Fsp3) is 0.680. The van der Waals surface area contributed by atoms with Crippen molar-refractivity contribution in [2.45, 2.75) is 96.3 Å². The Balaban J connectivity index is 1.60. The Morgan fingerprint density at radius 2 is 1.33 bits per heavy atom. The van der Waals surface area contributed by atoms with Crippen LogP contribution in [0.25, 0.3) is 0 Å². The van der Waals surface area contributed by atoms with E-state index in [9.17, 15) is 9.59 Å². The Morgan fingerprint density at radius 1 is 0.867 bits per heavy atom. The number of amides is 2. The van der Waals surface area contributed by atoms with Gasteiger partial charge >= 0.3 is 0 Å². The van der Waals surface area contributed by atoms with Crippen LogP contribution in [0.4, 0.5) is 0 Å². The molecule has 2 unspecified atom stereocenters. The standard InChI is InChI=1S/C25H39N3O2/c1-17-9-7-8-10-21(17)27-23(30)19-13-11-18(12-14-19)22(29)26-20-15-24(2,3)28(6)25(4,5)16-20/h11-14,17,20-21H,7-10,15-16H2,1-6H3,(H,26,29)(H,27,30). The molecule has 1 aromatic carbocycles. The molecule has 0 aromatic heterocycles. The number of nitrogens with one attached hydrogen (secondary N) is 2. The molecule has 1 aliphatic heterocycles. The van der Waals surface area contributed by atoms with Crippen LogP contribution in [0, 0.1) is 5.92 Å². The Labute approximate surface area is 182 Å². The van der Waals surface area contributed by atoms with E-state index in [1.807, 2.05) is 0 Å². The molecule has 0 radical (unpaired) electrons. The summed E-state index contributed by atoms with van der Waals surface area (Å²) in [5.74, 6) is 0.416. The lowest BCUT2D eigenvalue weighted by Crippen LogP contribution is -2.62. The summed E-state index contributed by atoms with van der Waals surface area (Å²) in [6.07, 6.45) is 6.49. The third kappa shape index (κ3) is 5.05. The number of nitrogens with zero attached hydrogens (tertiary/aromatic N) is 1. The lowest BCUT2D eigenvalue weighted by molar-refractivity contribution is -0.0169. The first-order valence-corrected chi connectivity index (χ1v) is 11.5. The molecular weight excluding hydrogens is 374 g/mol. The number of piperidine rings is 1. The fourth-order valence-corrected chi connectivity index (χ4v) is 5.30. The third-order valence-electron chi connectivity index (χ3n) is 7.48. The molecule has 30 heavy (non-hydrogen) atoms. The normalized spacial score (nSPS) is 26.7. The van der Waals surface area contributed by atoms with Gasteiger partial charge in [-0.05, 0) is 90.6 Å². The summed E-state index contributed by atoms with van der Waals surface area (Å²) >= 11 is 0. The molecular formula is C25H39N3O2. The number of benzene rings is 1. The predicted molar refractivity (Wildman–Crippen MR) is 122 cm³/mol. The highest BCUT2D eigenvalue weighted by molar-refractivity contribution is 5.98. The van der Waals surface area contributed by atoms with Gasteiger partial charge in [0.15, 0.2) is 0 Å². The molecule has 1 heterocycles. The highest BCUT2D eigenvalue weighted by atomic mass is 16.2. The van der Waals surface area contributed by atoms with Crippen molar-refractivity contribution in [3.8, 4) is 0 Å². The quantitative estimate of drug-likeness (QED) is 0.770. The highest BCUT2D eigenvalue weighted by Crippen LogP contribution is 2.36. The maximum atomic E-state index is 12.8. The van der Waals surface area contributed by atoms with E-state index in [1.165, 1.54) is 19.3 Å². The van der Waals surface area contributed by atoms with Crippen LogP contribution in [0.2, 0.25) is 0 Å². The first-order chi connectivity index (χ1) is 14.0. The van der Waals surface area contributed by atoms with E-state index in [0.717, 1.165) is 19.3 Å². The summed E-state index contributed by atoms with van der Waals surface area (Å²) in [6.45, 7) is 11.1. The van der Waals surface area contributed by atoms with Crippen molar-refractivity contribution >= 4 is 11.8 Å². The molecule has 2 N–H and O–H groups in total. The highest BCUT2D eigenvalue weighted by Gasteiger charge is 2.43. The maximum Gasteiger partial charge on any atom is 0.251 e. The molecule has 1 aliphatic carbocycles. The largest absolute Gasteiger partial charge is 0.349 e. The summed E-state index contributed by atoms with van der Waals surface area (Å²) in [4.78, 5) is 27.9. The Kier molecular flexibility index (Phi) is 6.61. The zero-order valence-electron chi connectivity index (χ0n) is 19.5. The first-order valence-electron chi connectivity index (χ1n) is 11.5. The topological polar surface area (TPSA) is 61.4 Å². The molecule has 3 rings (SSSR count). The third-order valence-corrected chi connectivity index (χ3v) is 7.48. The van der Waals surface area contributed by atoms with E-state index >= 15 is 0 Å². The number of carbonyl (C=O) groups is 2. The van der Waals surface area contributed by atoms with Crippen LogP contribution in [0.1, 0.15) is 93.9 Å². The molecule has 166 valence electrons. The smallest absolute Gasteiger partial charge is 0.251 e. The Morgan fingerprint density at radius 3 is 1.83 bits per heavy atom. The summed E-state index contributed by atoms with van der Waals surface area (Å²) in [5.41, 5.74) is 1.27. The minimum absolute atomic E-state index is 0.0257. The Bertz CT molecular complexity index is 751. The van der Waals surface area contributed by atoms with Crippen LogP contribution >= 0.6 is 0 Å². The molecule has 0 spiro atoms. The van der Waals surface area contributed by atoms with Crippen molar-refractivity contribution in [1.82, 2.24) is 15.5 Å². The lowest BCUT2D eigenvalue weighted by atomic mass is 9.77. The molecule has 1 aromatic rings. The summed E-state index contributed by atoms with van der Waals surface area (Å²) in [6, 6.07) is 7.44. The number of rotatable bonds is 4. The minimum Gasteiger partial charge on any atom is -0.349 e. The van der Waals surface area contributed by atoms with E-state index in [2.05, 4.69) is 57.2 Å². The fourth-order valence-electron chi connectivity index (χ4n) is 5.30. The molecule has 2 amide bonds. The van der Waals surface area contributed by atoms with Crippen LogP contribution in [-0.4, -0.2) is 46.9 Å². The zero-order chi connectivity index (χ0) is 22.1. The van der Waals surface area contributed by atoms with Gasteiger partial charge in [-0.3, -0.25) is 14.5 Å². The van der Waals surface area contributed by atoms with Gasteiger partial charge in [0, 0.05) is 34.3 Å². The second-order valence-electron chi connectivity index (χ2n) is 10.7. The van der Waals surface area contributed by atoms with Crippen molar-refractivity contribution in [3.63, 3.8) is 0 Å². The van der Waals surface area contributed by atoms with Crippen LogP contribution in [0.3, 0.4) is 0 Å². The number of carbonyl (C=O) groups excluding carboxylic acids is 2. The van der Waals surface area contributed by atoms with E-state index in [4.69, 9.17) is 0 Å². The Hall–Kier alpha value is -1.88. The van der Waals surface area contributed by atoms with Crippen molar-refractivity contribution < 1.29 is 9.59 Å². The van der Waals surface area contributed by atoms with Gasteiger partial charge < -0.3 is 10.6 Å². The van der Waals surface area contributed by atoms with Crippen LogP contribution in [-0.2, 0) is 0 Å². The van der Waals surface area contributed by atoms with E-state index in [-0.39, 0.29) is 35.0 Å². The lowest BCUT2D eigenvalue weighted by Gasteiger charge is -2.53. The van der Waals surface area contributed by atoms with Gasteiger partial charge in [0.05, 0.1) is 0 Å². The van der Waals surface area contributed by atoms with Gasteiger partial charge in [0.1, 0.15) is 0 Å². The van der Waals surface area contributed by atoms with Crippen molar-refractivity contribution in [2.75, 3.05) is 7.05 Å². The molecule has 1 saturated carbocycles. The monoisotopic (exact) mass is 413 g/mol. The SMILES string of the molecule is CC1CCCCC1NC(=O)c1ccc(C(=O)NC2CC(C)(C)N(C)C(C)(C)C2)cc1. The summed E-state index contributed by atoms with van der Waals surface area (Å²) in [7, 11) is 2.16. The molecule has 0 bridgehead atoms. The molecule has 2 fully saturated rings. The van der Waals surface area contributed by atoms with E-state index < -0.39 is 0 Å². The van der Waals surface area contributed by atoms with Gasteiger partial charge in [-0.1, -0.05) is 19.8 Å². The number of hydrogen-bond acceptors (Lipinski definition) is 3. The van der Waals surface area contributed by atoms with Gasteiger partial charge in [0.25, 0.3) is 11.8 Å². The zero-order valence-corrected chi connectivity index (χ0v) is 19.5. The molecule has 2 aliphatic rings. The van der Waals surface area contributed by atoms with Crippen LogP contribution in [0.15, 0.2) is 24.3 Å². The van der Waals surface area contributed by atoms with Gasteiger partial charge in [-0.2, -0.15) is 0 Å². The average molecular weight is 414 g/mol. The number of hydrogen-bond donors (Lipinski definition) is 2. The predicted octanol–water partition coefficient (Wildman–Crippen LogP) is 4.38. The van der Waals surface area contributed by atoms with E-state index in [0.29, 0.717) is 17.0 Å². The van der Waals surface area contributed by atoms with Crippen molar-refractivity contribution in [3.05, 3.63) is 35.4 Å². The summed E-state index contributed by atoms with van der Waals surface area (Å²) in [5, 5.41) is 6.40. The maximum absolute atomic E-state index is 12.8. The molecule has 1 saturated heterocycles. The molecule has 5 heteroatoms. The number of likely N-dealkylation sites (tertiary alicyclic amines) is 1. The minimum atomic E-state index is -0.0657. The second kappa shape index (κ2) is 8.70. The summed E-state index contributed by atoms with van der Waals surface area (Å²) < 4.78 is 0. The van der Waals surface area contributed by atoms with Gasteiger partial charge in [0.2, 0.25) is 0 Å². The first kappa shape index (κ1) is 22.8. The molecule has 5 nitrogen and oxygen atoms in total. The van der Waals surface area contributed by atoms with Crippen molar-refractivity contribution in [2.24, 2.45) is 5.92 Å². The van der Waals surface area contributed by atoms with Gasteiger partial charge in [-0.25, -0.2) is 0 Å². The van der Waals surface area contributed by atoms with Crippen LogP contribution in [0.5, 0.6) is 0 Å². The van der Waals surface area contributed by atoms with Crippen molar-refractivity contribution in [1.29, 1.82) is 0 Å². The van der Waals surface area contributed by atoms with Crippen LogP contribution < -0.4 is 10.6 Å². The average Bonchev–Trinajstić information content (AvgIpc) is 2.67.